The first-order valence-corrected chi connectivity index (χ1v) is 5.76. The standard InChI is InChI=1S/C12H21N3O3/c1-5-7-15(9-11(16)17)12(18)13-6-8-14(4)10(2)3/h1,10H,6-9H2,2-4H3,(H,13,18)(H,16,17). The summed E-state index contributed by atoms with van der Waals surface area (Å²) in [4.78, 5) is 25.4. The Kier molecular flexibility index (Phi) is 7.56. The van der Waals surface area contributed by atoms with Gasteiger partial charge in [-0.15, -0.1) is 6.42 Å². The minimum Gasteiger partial charge on any atom is -0.480 e. The fourth-order valence-electron chi connectivity index (χ4n) is 1.18. The average Bonchev–Trinajstić information content (AvgIpc) is 2.27. The zero-order valence-corrected chi connectivity index (χ0v) is 11.1. The number of carbonyl (C=O) groups is 2. The van der Waals surface area contributed by atoms with Crippen LogP contribution in [0.5, 0.6) is 0 Å². The highest BCUT2D eigenvalue weighted by Gasteiger charge is 2.15. The van der Waals surface area contributed by atoms with Crippen molar-refractivity contribution in [1.29, 1.82) is 0 Å². The fraction of sp³-hybridized carbons (Fsp3) is 0.667. The Hall–Kier alpha value is -1.74. The van der Waals surface area contributed by atoms with Gasteiger partial charge in [-0.05, 0) is 20.9 Å². The molecule has 102 valence electrons. The largest absolute Gasteiger partial charge is 0.480 e. The summed E-state index contributed by atoms with van der Waals surface area (Å²) >= 11 is 0. The molecule has 0 unspecified atom stereocenters. The molecule has 0 saturated carbocycles. The van der Waals surface area contributed by atoms with Gasteiger partial charge in [-0.3, -0.25) is 4.79 Å². The third-order valence-electron chi connectivity index (χ3n) is 2.52. The Labute approximate surface area is 108 Å². The molecule has 0 heterocycles. The highest BCUT2D eigenvalue weighted by Crippen LogP contribution is 1.92. The van der Waals surface area contributed by atoms with Crippen molar-refractivity contribution in [2.45, 2.75) is 19.9 Å². The lowest BCUT2D eigenvalue weighted by Gasteiger charge is -2.23. The van der Waals surface area contributed by atoms with E-state index in [4.69, 9.17) is 11.5 Å². The van der Waals surface area contributed by atoms with Crippen LogP contribution in [0.1, 0.15) is 13.8 Å². The smallest absolute Gasteiger partial charge is 0.323 e. The molecule has 0 aromatic heterocycles. The quantitative estimate of drug-likeness (QED) is 0.631. The Balaban J connectivity index is 4.11. The normalized spacial score (nSPS) is 10.2. The maximum absolute atomic E-state index is 11.7. The van der Waals surface area contributed by atoms with Gasteiger partial charge in [-0.1, -0.05) is 5.92 Å². The second kappa shape index (κ2) is 8.37. The molecule has 0 rings (SSSR count). The van der Waals surface area contributed by atoms with Crippen molar-refractivity contribution in [2.75, 3.05) is 33.2 Å². The highest BCUT2D eigenvalue weighted by molar-refractivity contribution is 5.80. The van der Waals surface area contributed by atoms with Gasteiger partial charge < -0.3 is 20.2 Å². The summed E-state index contributed by atoms with van der Waals surface area (Å²) in [6, 6.07) is -0.0600. The lowest BCUT2D eigenvalue weighted by molar-refractivity contribution is -0.137. The molecule has 0 aromatic rings. The molecule has 6 heteroatoms. The zero-order valence-electron chi connectivity index (χ0n) is 11.1. The Morgan fingerprint density at radius 3 is 2.50 bits per heavy atom. The number of carboxylic acids is 1. The van der Waals surface area contributed by atoms with Crippen LogP contribution < -0.4 is 5.32 Å². The second-order valence-corrected chi connectivity index (χ2v) is 4.26. The van der Waals surface area contributed by atoms with Crippen LogP contribution in [0.25, 0.3) is 0 Å². The van der Waals surface area contributed by atoms with Crippen LogP contribution in [0.4, 0.5) is 4.79 Å². The molecule has 0 atom stereocenters. The molecule has 0 bridgehead atoms. The third-order valence-corrected chi connectivity index (χ3v) is 2.52. The number of hydrogen-bond donors (Lipinski definition) is 2. The van der Waals surface area contributed by atoms with Crippen molar-refractivity contribution in [3.05, 3.63) is 0 Å². The number of urea groups is 1. The number of terminal acetylenes is 1. The lowest BCUT2D eigenvalue weighted by Crippen LogP contribution is -2.45. The predicted octanol–water partition coefficient (Wildman–Crippen LogP) is 0.0560. The molecule has 0 radical (unpaired) electrons. The highest BCUT2D eigenvalue weighted by atomic mass is 16.4. The first kappa shape index (κ1) is 16.3. The van der Waals surface area contributed by atoms with Crippen LogP contribution >= 0.6 is 0 Å². The number of amides is 2. The molecule has 0 saturated heterocycles. The molecule has 2 N–H and O–H groups in total. The Bertz CT molecular complexity index is 323. The first-order valence-electron chi connectivity index (χ1n) is 5.76. The zero-order chi connectivity index (χ0) is 14.1. The molecule has 0 aromatic carbocycles. The van der Waals surface area contributed by atoms with Crippen molar-refractivity contribution < 1.29 is 14.7 Å². The van der Waals surface area contributed by atoms with Crippen LogP contribution in [-0.4, -0.2) is 66.2 Å². The van der Waals surface area contributed by atoms with E-state index in [1.807, 2.05) is 7.05 Å². The van der Waals surface area contributed by atoms with Gasteiger partial charge in [-0.25, -0.2) is 4.79 Å². The number of nitrogens with one attached hydrogen (secondary N) is 1. The number of nitrogens with zero attached hydrogens (tertiary/aromatic N) is 2. The summed E-state index contributed by atoms with van der Waals surface area (Å²) in [5.74, 6) is 1.18. The van der Waals surface area contributed by atoms with Crippen LogP contribution in [0.15, 0.2) is 0 Å². The number of rotatable bonds is 7. The van der Waals surface area contributed by atoms with Crippen LogP contribution in [0.3, 0.4) is 0 Å². The van der Waals surface area contributed by atoms with Crippen molar-refractivity contribution in [3.63, 3.8) is 0 Å². The first-order chi connectivity index (χ1) is 8.38. The number of likely N-dealkylation sites (N-methyl/N-ethyl adjacent to an activating group) is 1. The summed E-state index contributed by atoms with van der Waals surface area (Å²) in [5, 5.41) is 11.3. The van der Waals surface area contributed by atoms with Gasteiger partial charge in [0.25, 0.3) is 0 Å². The maximum atomic E-state index is 11.7. The fourth-order valence-corrected chi connectivity index (χ4v) is 1.18. The maximum Gasteiger partial charge on any atom is 0.323 e. The summed E-state index contributed by atoms with van der Waals surface area (Å²) in [7, 11) is 1.95. The Morgan fingerprint density at radius 1 is 1.44 bits per heavy atom. The number of carboxylic acid groups (broad SMARTS) is 1. The van der Waals surface area contributed by atoms with Gasteiger partial charge in [-0.2, -0.15) is 0 Å². The van der Waals surface area contributed by atoms with Gasteiger partial charge in [0, 0.05) is 19.1 Å². The number of aliphatic carboxylic acids is 1. The van der Waals surface area contributed by atoms with Gasteiger partial charge in [0.05, 0.1) is 6.54 Å². The minimum absolute atomic E-state index is 0.0157. The van der Waals surface area contributed by atoms with Gasteiger partial charge in [0.2, 0.25) is 0 Å². The van der Waals surface area contributed by atoms with Crippen molar-refractivity contribution in [2.24, 2.45) is 0 Å². The topological polar surface area (TPSA) is 72.9 Å². The van der Waals surface area contributed by atoms with Crippen molar-refractivity contribution in [3.8, 4) is 12.3 Å². The molecule has 6 nitrogen and oxygen atoms in total. The Morgan fingerprint density at radius 2 is 2.06 bits per heavy atom. The molecule has 0 aliphatic rings. The van der Waals surface area contributed by atoms with E-state index >= 15 is 0 Å². The second-order valence-electron chi connectivity index (χ2n) is 4.26. The summed E-state index contributed by atoms with van der Waals surface area (Å²) in [5.41, 5.74) is 0. The molecule has 0 aliphatic heterocycles. The third kappa shape index (κ3) is 6.76. The van der Waals surface area contributed by atoms with Crippen LogP contribution in [0.2, 0.25) is 0 Å². The van der Waals surface area contributed by atoms with E-state index in [9.17, 15) is 9.59 Å². The lowest BCUT2D eigenvalue weighted by atomic mass is 10.3. The monoisotopic (exact) mass is 255 g/mol. The molecule has 18 heavy (non-hydrogen) atoms. The van der Waals surface area contributed by atoms with E-state index in [1.165, 1.54) is 0 Å². The van der Waals surface area contributed by atoms with Crippen molar-refractivity contribution >= 4 is 12.0 Å². The van der Waals surface area contributed by atoms with E-state index in [0.29, 0.717) is 19.1 Å². The molecular weight excluding hydrogens is 234 g/mol. The van der Waals surface area contributed by atoms with Gasteiger partial charge in [0.15, 0.2) is 0 Å². The van der Waals surface area contributed by atoms with Crippen LogP contribution in [0, 0.1) is 12.3 Å². The number of hydrogen-bond acceptors (Lipinski definition) is 3. The van der Waals surface area contributed by atoms with E-state index < -0.39 is 18.5 Å². The van der Waals surface area contributed by atoms with E-state index in [1.54, 1.807) is 0 Å². The van der Waals surface area contributed by atoms with Gasteiger partial charge in [0.1, 0.15) is 6.54 Å². The molecule has 0 fully saturated rings. The predicted molar refractivity (Wildman–Crippen MR) is 69.2 cm³/mol. The molecular formula is C12H21N3O3. The minimum atomic E-state index is -1.08. The average molecular weight is 255 g/mol. The molecule has 0 spiro atoms. The van der Waals surface area contributed by atoms with Crippen molar-refractivity contribution in [1.82, 2.24) is 15.1 Å². The van der Waals surface area contributed by atoms with E-state index in [0.717, 1.165) is 4.90 Å². The van der Waals surface area contributed by atoms with E-state index in [2.05, 4.69) is 30.0 Å². The van der Waals surface area contributed by atoms with E-state index in [-0.39, 0.29) is 6.54 Å². The number of carbonyl (C=O) groups excluding carboxylic acids is 1. The molecule has 2 amide bonds. The summed E-state index contributed by atoms with van der Waals surface area (Å²) in [6.07, 6.45) is 5.09. The van der Waals surface area contributed by atoms with Crippen LogP contribution in [-0.2, 0) is 4.79 Å². The summed E-state index contributed by atoms with van der Waals surface area (Å²) < 4.78 is 0. The molecule has 0 aliphatic carbocycles. The SMILES string of the molecule is C#CCN(CC(=O)O)C(=O)NCCN(C)C(C)C. The van der Waals surface area contributed by atoms with Gasteiger partial charge >= 0.3 is 12.0 Å². The summed E-state index contributed by atoms with van der Waals surface area (Å²) in [6.45, 7) is 4.84.